The third-order valence-electron chi connectivity index (χ3n) is 1.17. The van der Waals surface area contributed by atoms with Crippen LogP contribution in [0.3, 0.4) is 0 Å². The van der Waals surface area contributed by atoms with E-state index in [1.807, 2.05) is 19.1 Å². The first-order chi connectivity index (χ1) is 4.83. The highest BCUT2D eigenvalue weighted by atomic mass is 16.1. The van der Waals surface area contributed by atoms with Crippen molar-refractivity contribution >= 4 is 12.1 Å². The molecule has 0 aliphatic carbocycles. The van der Waals surface area contributed by atoms with Crippen LogP contribution in [-0.2, 0) is 4.79 Å². The van der Waals surface area contributed by atoms with Crippen LogP contribution < -0.4 is 5.32 Å². The van der Waals surface area contributed by atoms with Gasteiger partial charge >= 0.3 is 0 Å². The van der Waals surface area contributed by atoms with Crippen LogP contribution >= 0.6 is 0 Å². The van der Waals surface area contributed by atoms with E-state index in [2.05, 4.69) is 11.4 Å². The Kier molecular flexibility index (Phi) is 2.05. The standard InChI is InChI=1S/C8H8NO/c1-7-3-2-4-8(5-7)9-6-10/h2-3,5-6H,1H3,(H,9,10). The minimum Gasteiger partial charge on any atom is -0.328 e. The van der Waals surface area contributed by atoms with Crippen molar-refractivity contribution in [3.8, 4) is 0 Å². The molecule has 1 amide bonds. The minimum absolute atomic E-state index is 0.644. The van der Waals surface area contributed by atoms with Gasteiger partial charge in [0.15, 0.2) is 0 Å². The molecule has 2 nitrogen and oxygen atoms in total. The Morgan fingerprint density at radius 3 is 3.10 bits per heavy atom. The number of carbonyl (C=O) groups is 1. The largest absolute Gasteiger partial charge is 0.328 e. The second-order valence-corrected chi connectivity index (χ2v) is 2.04. The molecule has 0 fully saturated rings. The maximum Gasteiger partial charge on any atom is 0.211 e. The molecule has 0 saturated carbocycles. The average Bonchev–Trinajstić information content (AvgIpc) is 1.88. The Balaban J connectivity index is 2.84. The van der Waals surface area contributed by atoms with Gasteiger partial charge in [-0.2, -0.15) is 0 Å². The van der Waals surface area contributed by atoms with E-state index in [0.29, 0.717) is 6.41 Å². The number of carbonyl (C=O) groups excluding carboxylic acids is 1. The second kappa shape index (κ2) is 3.01. The van der Waals surface area contributed by atoms with Gasteiger partial charge in [0.1, 0.15) is 0 Å². The van der Waals surface area contributed by atoms with Crippen molar-refractivity contribution in [3.05, 3.63) is 29.8 Å². The zero-order valence-corrected chi connectivity index (χ0v) is 5.72. The normalized spacial score (nSPS) is 8.90. The number of hydrogen-bond donors (Lipinski definition) is 1. The monoisotopic (exact) mass is 134 g/mol. The third-order valence-corrected chi connectivity index (χ3v) is 1.17. The summed E-state index contributed by atoms with van der Waals surface area (Å²) in [6, 6.07) is 8.43. The first-order valence-corrected chi connectivity index (χ1v) is 3.01. The lowest BCUT2D eigenvalue weighted by molar-refractivity contribution is -0.105. The highest BCUT2D eigenvalue weighted by Gasteiger charge is 1.88. The molecule has 2 heteroatoms. The van der Waals surface area contributed by atoms with E-state index in [0.717, 1.165) is 11.3 Å². The lowest BCUT2D eigenvalue weighted by atomic mass is 10.2. The molecule has 0 aromatic heterocycles. The summed E-state index contributed by atoms with van der Waals surface area (Å²) in [5.41, 5.74) is 1.83. The number of hydrogen-bond acceptors (Lipinski definition) is 1. The maximum atomic E-state index is 9.95. The molecule has 1 rings (SSSR count). The lowest BCUT2D eigenvalue weighted by Crippen LogP contribution is -1.93. The summed E-state index contributed by atoms with van der Waals surface area (Å²) in [5.74, 6) is 0. The molecular weight excluding hydrogens is 126 g/mol. The number of anilines is 1. The minimum atomic E-state index is 0.644. The van der Waals surface area contributed by atoms with Gasteiger partial charge in [0.05, 0.1) is 0 Å². The van der Waals surface area contributed by atoms with Gasteiger partial charge < -0.3 is 5.32 Å². The Labute approximate surface area is 59.9 Å². The van der Waals surface area contributed by atoms with Gasteiger partial charge in [0, 0.05) is 11.8 Å². The molecule has 1 aromatic carbocycles. The molecule has 0 spiro atoms. The van der Waals surface area contributed by atoms with Crippen LogP contribution in [0.15, 0.2) is 18.2 Å². The van der Waals surface area contributed by atoms with Crippen molar-refractivity contribution in [1.82, 2.24) is 0 Å². The van der Waals surface area contributed by atoms with Crippen molar-refractivity contribution in [2.24, 2.45) is 0 Å². The predicted molar refractivity (Wildman–Crippen MR) is 39.7 cm³/mol. The van der Waals surface area contributed by atoms with Crippen LogP contribution in [0.5, 0.6) is 0 Å². The molecule has 0 bridgehead atoms. The SMILES string of the molecule is Cc1cc[c]c(NC=O)c1. The summed E-state index contributed by atoms with van der Waals surface area (Å²) < 4.78 is 0. The highest BCUT2D eigenvalue weighted by Crippen LogP contribution is 2.06. The number of rotatable bonds is 2. The zero-order valence-electron chi connectivity index (χ0n) is 5.72. The first kappa shape index (κ1) is 6.81. The van der Waals surface area contributed by atoms with E-state index < -0.39 is 0 Å². The van der Waals surface area contributed by atoms with Crippen molar-refractivity contribution in [3.63, 3.8) is 0 Å². The summed E-state index contributed by atoms with van der Waals surface area (Å²) >= 11 is 0. The van der Waals surface area contributed by atoms with E-state index in [9.17, 15) is 4.79 Å². The molecule has 0 atom stereocenters. The van der Waals surface area contributed by atoms with Crippen molar-refractivity contribution < 1.29 is 4.79 Å². The van der Waals surface area contributed by atoms with Crippen LogP contribution in [-0.4, -0.2) is 6.41 Å². The number of benzene rings is 1. The Morgan fingerprint density at radius 2 is 2.50 bits per heavy atom. The molecule has 0 unspecified atom stereocenters. The summed E-state index contributed by atoms with van der Waals surface area (Å²) in [5, 5.41) is 2.51. The average molecular weight is 134 g/mol. The smallest absolute Gasteiger partial charge is 0.211 e. The first-order valence-electron chi connectivity index (χ1n) is 3.01. The fraction of sp³-hybridized carbons (Fsp3) is 0.125. The summed E-state index contributed by atoms with van der Waals surface area (Å²) in [6.07, 6.45) is 0.644. The number of aryl methyl sites for hydroxylation is 1. The molecule has 0 aliphatic rings. The van der Waals surface area contributed by atoms with Crippen LogP contribution in [0.4, 0.5) is 5.69 Å². The highest BCUT2D eigenvalue weighted by molar-refractivity contribution is 5.70. The second-order valence-electron chi connectivity index (χ2n) is 2.04. The summed E-state index contributed by atoms with van der Waals surface area (Å²) in [4.78, 5) is 9.95. The fourth-order valence-corrected chi connectivity index (χ4v) is 0.727. The fourth-order valence-electron chi connectivity index (χ4n) is 0.727. The molecule has 1 N–H and O–H groups in total. The van der Waals surface area contributed by atoms with Crippen molar-refractivity contribution in [1.29, 1.82) is 0 Å². The van der Waals surface area contributed by atoms with Crippen LogP contribution in [0.25, 0.3) is 0 Å². The molecule has 0 heterocycles. The van der Waals surface area contributed by atoms with Gasteiger partial charge in [-0.3, -0.25) is 4.79 Å². The van der Waals surface area contributed by atoms with Gasteiger partial charge in [-0.15, -0.1) is 0 Å². The third kappa shape index (κ3) is 1.58. The Morgan fingerprint density at radius 1 is 1.70 bits per heavy atom. The molecule has 1 aromatic rings. The molecule has 51 valence electrons. The number of amides is 1. The molecular formula is C8H8NO. The summed E-state index contributed by atoms with van der Waals surface area (Å²) in [7, 11) is 0. The molecule has 10 heavy (non-hydrogen) atoms. The Bertz CT molecular complexity index is 232. The van der Waals surface area contributed by atoms with Crippen LogP contribution in [0.2, 0.25) is 0 Å². The van der Waals surface area contributed by atoms with E-state index in [-0.39, 0.29) is 0 Å². The maximum absolute atomic E-state index is 9.95. The van der Waals surface area contributed by atoms with Crippen LogP contribution in [0.1, 0.15) is 5.56 Å². The van der Waals surface area contributed by atoms with E-state index in [4.69, 9.17) is 0 Å². The topological polar surface area (TPSA) is 29.1 Å². The summed E-state index contributed by atoms with van der Waals surface area (Å²) in [6.45, 7) is 1.96. The Hall–Kier alpha value is -1.31. The lowest BCUT2D eigenvalue weighted by Gasteiger charge is -1.96. The van der Waals surface area contributed by atoms with Gasteiger partial charge in [0.2, 0.25) is 6.41 Å². The van der Waals surface area contributed by atoms with Gasteiger partial charge in [-0.25, -0.2) is 0 Å². The van der Waals surface area contributed by atoms with E-state index >= 15 is 0 Å². The quantitative estimate of drug-likeness (QED) is 0.608. The van der Waals surface area contributed by atoms with Gasteiger partial charge in [-0.05, 0) is 18.6 Å². The zero-order chi connectivity index (χ0) is 7.40. The van der Waals surface area contributed by atoms with Gasteiger partial charge in [-0.1, -0.05) is 12.1 Å². The van der Waals surface area contributed by atoms with Crippen molar-refractivity contribution in [2.75, 3.05) is 5.32 Å². The van der Waals surface area contributed by atoms with E-state index in [1.54, 1.807) is 6.07 Å². The molecule has 0 aliphatic heterocycles. The van der Waals surface area contributed by atoms with Gasteiger partial charge in [0.25, 0.3) is 0 Å². The van der Waals surface area contributed by atoms with Crippen LogP contribution in [0, 0.1) is 13.0 Å². The molecule has 0 saturated heterocycles. The van der Waals surface area contributed by atoms with Crippen molar-refractivity contribution in [2.45, 2.75) is 6.92 Å². The predicted octanol–water partition coefficient (Wildman–Crippen LogP) is 1.36. The van der Waals surface area contributed by atoms with E-state index in [1.165, 1.54) is 0 Å². The number of nitrogens with one attached hydrogen (secondary N) is 1. The molecule has 1 radical (unpaired) electrons.